The van der Waals surface area contributed by atoms with Crippen LogP contribution in [-0.2, 0) is 9.53 Å². The van der Waals surface area contributed by atoms with Crippen molar-refractivity contribution in [3.63, 3.8) is 0 Å². The fourth-order valence-corrected chi connectivity index (χ4v) is 2.51. The number of para-hydroxylation sites is 2. The third-order valence-electron chi connectivity index (χ3n) is 3.88. The maximum absolute atomic E-state index is 12.3. The van der Waals surface area contributed by atoms with Gasteiger partial charge in [-0.15, -0.1) is 0 Å². The molecule has 29 heavy (non-hydrogen) atoms. The van der Waals surface area contributed by atoms with Crippen LogP contribution in [0.1, 0.15) is 23.0 Å². The first-order valence-corrected chi connectivity index (χ1v) is 8.62. The number of halogens is 2. The fraction of sp³-hybridized carbons (Fsp3) is 0.143. The van der Waals surface area contributed by atoms with Crippen molar-refractivity contribution in [2.75, 3.05) is 0 Å². The Morgan fingerprint density at radius 1 is 1.03 bits per heavy atom. The smallest absolute Gasteiger partial charge is 0.387 e. The number of carbonyl (C=O) groups is 2. The van der Waals surface area contributed by atoms with E-state index in [4.69, 9.17) is 4.74 Å². The van der Waals surface area contributed by atoms with Crippen LogP contribution in [0.25, 0.3) is 17.1 Å². The molecule has 0 aliphatic rings. The molecule has 1 heterocycles. The molecule has 3 aromatic rings. The van der Waals surface area contributed by atoms with Crippen LogP contribution in [0.5, 0.6) is 5.75 Å². The molecule has 0 aliphatic carbocycles. The normalized spacial score (nSPS) is 12.3. The maximum Gasteiger partial charge on any atom is 0.387 e. The lowest BCUT2D eigenvalue weighted by molar-refractivity contribution is -0.140. The van der Waals surface area contributed by atoms with Crippen LogP contribution in [-0.4, -0.2) is 34.4 Å². The molecule has 0 saturated heterocycles. The van der Waals surface area contributed by atoms with E-state index in [0.717, 1.165) is 11.6 Å². The number of hydrogen-bond donors (Lipinski definition) is 0. The van der Waals surface area contributed by atoms with Crippen LogP contribution in [0.4, 0.5) is 8.78 Å². The van der Waals surface area contributed by atoms with Crippen molar-refractivity contribution >= 4 is 28.9 Å². The summed E-state index contributed by atoms with van der Waals surface area (Å²) in [4.78, 5) is 32.9. The number of alkyl halides is 2. The number of benzene rings is 2. The molecule has 1 unspecified atom stereocenters. The standard InChI is InChI=1S/C21H16F2N2O4/c1-13(20(27)14-6-9-16(10-7-14)29-21(22)23)28-19(26)11-8-15-12-24-17-4-2-3-5-18(17)25-15/h2-13,21H,1H3/b11-8+. The van der Waals surface area contributed by atoms with Crippen LogP contribution < -0.4 is 4.74 Å². The predicted molar refractivity (Wildman–Crippen MR) is 102 cm³/mol. The number of fused-ring (bicyclic) bond motifs is 1. The monoisotopic (exact) mass is 398 g/mol. The SMILES string of the molecule is CC(OC(=O)/C=C/c1cnc2ccccc2n1)C(=O)c1ccc(OC(F)F)cc1. The minimum Gasteiger partial charge on any atom is -0.451 e. The molecular formula is C21H16F2N2O4. The van der Waals surface area contributed by atoms with Gasteiger partial charge >= 0.3 is 12.6 Å². The Labute approximate surface area is 164 Å². The van der Waals surface area contributed by atoms with Gasteiger partial charge in [-0.05, 0) is 49.4 Å². The van der Waals surface area contributed by atoms with E-state index in [1.54, 1.807) is 6.07 Å². The van der Waals surface area contributed by atoms with Crippen molar-refractivity contribution in [1.29, 1.82) is 0 Å². The van der Waals surface area contributed by atoms with E-state index >= 15 is 0 Å². The number of esters is 1. The lowest BCUT2D eigenvalue weighted by Crippen LogP contribution is -2.23. The summed E-state index contributed by atoms with van der Waals surface area (Å²) in [5.41, 5.74) is 2.09. The first-order valence-electron chi connectivity index (χ1n) is 8.62. The molecule has 3 rings (SSSR count). The first-order chi connectivity index (χ1) is 13.9. The lowest BCUT2D eigenvalue weighted by Gasteiger charge is -2.11. The van der Waals surface area contributed by atoms with Crippen LogP contribution in [0.15, 0.2) is 60.8 Å². The predicted octanol–water partition coefficient (Wildman–Crippen LogP) is 4.06. The van der Waals surface area contributed by atoms with Gasteiger partial charge in [-0.1, -0.05) is 12.1 Å². The highest BCUT2D eigenvalue weighted by atomic mass is 19.3. The highest BCUT2D eigenvalue weighted by Crippen LogP contribution is 2.16. The quantitative estimate of drug-likeness (QED) is 0.339. The van der Waals surface area contributed by atoms with Gasteiger partial charge < -0.3 is 9.47 Å². The van der Waals surface area contributed by atoms with E-state index < -0.39 is 24.5 Å². The molecule has 1 atom stereocenters. The number of rotatable bonds is 7. The number of ketones is 1. The Balaban J connectivity index is 1.60. The molecular weight excluding hydrogens is 382 g/mol. The van der Waals surface area contributed by atoms with E-state index in [9.17, 15) is 18.4 Å². The van der Waals surface area contributed by atoms with Crippen molar-refractivity contribution in [2.24, 2.45) is 0 Å². The van der Waals surface area contributed by atoms with Crippen LogP contribution >= 0.6 is 0 Å². The third kappa shape index (κ3) is 5.41. The fourth-order valence-electron chi connectivity index (χ4n) is 2.51. The summed E-state index contributed by atoms with van der Waals surface area (Å²) in [5.74, 6) is -1.26. The average Bonchev–Trinajstić information content (AvgIpc) is 2.71. The second-order valence-corrected chi connectivity index (χ2v) is 5.96. The largest absolute Gasteiger partial charge is 0.451 e. The van der Waals surface area contributed by atoms with Gasteiger partial charge in [-0.3, -0.25) is 9.78 Å². The molecule has 0 N–H and O–H groups in total. The summed E-state index contributed by atoms with van der Waals surface area (Å²) in [5, 5.41) is 0. The first kappa shape index (κ1) is 20.1. The summed E-state index contributed by atoms with van der Waals surface area (Å²) in [6.45, 7) is -1.52. The number of nitrogens with zero attached hydrogens (tertiary/aromatic N) is 2. The van der Waals surface area contributed by atoms with Crippen LogP contribution in [0.3, 0.4) is 0 Å². The molecule has 0 radical (unpaired) electrons. The molecule has 1 aromatic heterocycles. The zero-order valence-corrected chi connectivity index (χ0v) is 15.3. The average molecular weight is 398 g/mol. The minimum atomic E-state index is -2.95. The number of carbonyl (C=O) groups excluding carboxylic acids is 2. The topological polar surface area (TPSA) is 78.4 Å². The molecule has 0 aliphatic heterocycles. The van der Waals surface area contributed by atoms with Gasteiger partial charge in [0.2, 0.25) is 5.78 Å². The van der Waals surface area contributed by atoms with Gasteiger partial charge in [0.25, 0.3) is 0 Å². The number of ether oxygens (including phenoxy) is 2. The van der Waals surface area contributed by atoms with Gasteiger partial charge in [0, 0.05) is 11.6 Å². The molecule has 6 nitrogen and oxygen atoms in total. The minimum absolute atomic E-state index is 0.0689. The summed E-state index contributed by atoms with van der Waals surface area (Å²) in [7, 11) is 0. The Hall–Kier alpha value is -3.68. The summed E-state index contributed by atoms with van der Waals surface area (Å²) in [6, 6.07) is 12.4. The Morgan fingerprint density at radius 2 is 1.72 bits per heavy atom. The van der Waals surface area contributed by atoms with Crippen LogP contribution in [0, 0.1) is 0 Å². The number of hydrogen-bond acceptors (Lipinski definition) is 6. The zero-order valence-electron chi connectivity index (χ0n) is 15.3. The summed E-state index contributed by atoms with van der Waals surface area (Å²) in [6.07, 6.45) is 3.05. The van der Waals surface area contributed by atoms with Crippen molar-refractivity contribution in [3.8, 4) is 5.75 Å². The Kier molecular flexibility index (Phi) is 6.23. The van der Waals surface area contributed by atoms with E-state index in [-0.39, 0.29) is 11.3 Å². The third-order valence-corrected chi connectivity index (χ3v) is 3.88. The van der Waals surface area contributed by atoms with Gasteiger partial charge in [-0.2, -0.15) is 8.78 Å². The zero-order chi connectivity index (χ0) is 20.8. The van der Waals surface area contributed by atoms with E-state index in [0.29, 0.717) is 11.2 Å². The van der Waals surface area contributed by atoms with Gasteiger partial charge in [0.1, 0.15) is 5.75 Å². The van der Waals surface area contributed by atoms with Gasteiger partial charge in [0.15, 0.2) is 6.10 Å². The lowest BCUT2D eigenvalue weighted by atomic mass is 10.1. The number of Topliss-reactive ketones (excluding diaryl/α,β-unsaturated/α-hetero) is 1. The van der Waals surface area contributed by atoms with Crippen molar-refractivity contribution in [3.05, 3.63) is 72.1 Å². The van der Waals surface area contributed by atoms with Crippen molar-refractivity contribution < 1.29 is 27.8 Å². The second-order valence-electron chi connectivity index (χ2n) is 5.96. The molecule has 0 fully saturated rings. The van der Waals surface area contributed by atoms with E-state index in [2.05, 4.69) is 14.7 Å². The number of aromatic nitrogens is 2. The highest BCUT2D eigenvalue weighted by molar-refractivity contribution is 6.01. The molecule has 0 saturated carbocycles. The summed E-state index contributed by atoms with van der Waals surface area (Å²) < 4.78 is 33.6. The highest BCUT2D eigenvalue weighted by Gasteiger charge is 2.19. The Bertz CT molecular complexity index is 1050. The molecule has 0 spiro atoms. The second kappa shape index (κ2) is 9.01. The molecule has 148 valence electrons. The van der Waals surface area contributed by atoms with Gasteiger partial charge in [-0.25, -0.2) is 9.78 Å². The molecule has 0 amide bonds. The van der Waals surface area contributed by atoms with Crippen molar-refractivity contribution in [1.82, 2.24) is 9.97 Å². The molecule has 2 aromatic carbocycles. The van der Waals surface area contributed by atoms with Gasteiger partial charge in [0.05, 0.1) is 22.9 Å². The van der Waals surface area contributed by atoms with E-state index in [1.165, 1.54) is 43.5 Å². The summed E-state index contributed by atoms with van der Waals surface area (Å²) >= 11 is 0. The van der Waals surface area contributed by atoms with Crippen molar-refractivity contribution in [2.45, 2.75) is 19.6 Å². The van der Waals surface area contributed by atoms with E-state index in [1.807, 2.05) is 18.2 Å². The maximum atomic E-state index is 12.3. The van der Waals surface area contributed by atoms with Crippen LogP contribution in [0.2, 0.25) is 0 Å². The molecule has 8 heteroatoms. The Morgan fingerprint density at radius 3 is 2.41 bits per heavy atom. The molecule has 0 bridgehead atoms.